The number of nitrogens with one attached hydrogen (secondary N) is 2. The van der Waals surface area contributed by atoms with Crippen molar-refractivity contribution in [1.82, 2.24) is 15.3 Å². The van der Waals surface area contributed by atoms with Crippen molar-refractivity contribution in [2.75, 3.05) is 69.6 Å². The number of pyridine rings is 2. The first-order valence-electron chi connectivity index (χ1n) is 21.4. The van der Waals surface area contributed by atoms with Gasteiger partial charge in [0.15, 0.2) is 11.6 Å². The predicted octanol–water partition coefficient (Wildman–Crippen LogP) is 6.61. The number of Topliss-reactive ketones (excluding diaryl/α,β-unsaturated/α-hetero) is 2. The maximum Gasteiger partial charge on any atom is 0.346 e. The Hall–Kier alpha value is -4.49. The number of rotatable bonds is 8. The number of hydrogen-bond donors (Lipinski definition) is 6. The summed E-state index contributed by atoms with van der Waals surface area (Å²) in [4.78, 5) is 98.8. The lowest BCUT2D eigenvalue weighted by atomic mass is 9.95. The number of carbonyl (C=O) groups is 7. The number of thioether (sulfide) groups is 5. The normalized spacial score (nSPS) is 15.3. The number of aliphatic hydroxyl groups is 1. The number of nitrogens with two attached hydrogens (primary N) is 1. The molecule has 8 rings (SSSR count). The standard InChI is InChI=1S/C10H9ClO3S.C10H13NO5S.C7H5Cl2NS.C7H7NO2S.C6H9NO2S.C3H3N.C3H6O2S/c1-14-10(13)7-6(12)4-5-2-3-15-9(5)8(7)11;1-16-9(15)4-8(14)11-6-2-3-17-10(6)7(13)5-12;8-4-3-6(9)10-5-1-2-11-7(4)5;9-5-3-6(10)8-4-1-2-11-7(4)5;1-9-6(8)5-4(7)2-3-10-5;1-2-3-4;1-5-3(4)2-6/h2-4H2,1H3;12H,2-5H2,1H3,(H,11,14);3H,1-2H2;3H,1-2H2,(H2,8,9,10);2-3,7H2,1H3;2H,1H2;6H,2H2,1H3. The molecule has 7 heterocycles. The molecule has 74 heavy (non-hydrogen) atoms. The molecule has 6 aliphatic rings. The van der Waals surface area contributed by atoms with E-state index in [1.807, 2.05) is 0 Å². The molecule has 0 fully saturated rings. The second kappa shape index (κ2) is 35.0. The molecule has 0 spiro atoms. The fraction of sp³-hybridized carbons (Fsp3) is 0.391. The number of ketones is 2. The first kappa shape index (κ1) is 65.6. The quantitative estimate of drug-likeness (QED) is 0.0308. The number of aryl methyl sites for hydroxylation is 2. The van der Waals surface area contributed by atoms with E-state index >= 15 is 0 Å². The number of amides is 1. The third-order valence-electron chi connectivity index (χ3n) is 9.45. The average molecular weight is 1200 g/mol. The molecule has 2 aromatic rings. The van der Waals surface area contributed by atoms with Crippen LogP contribution in [0.4, 0.5) is 0 Å². The summed E-state index contributed by atoms with van der Waals surface area (Å²) in [6.07, 6.45) is 5.17. The zero-order valence-electron chi connectivity index (χ0n) is 40.2. The fourth-order valence-electron chi connectivity index (χ4n) is 6.10. The second-order valence-electron chi connectivity index (χ2n) is 14.3. The highest BCUT2D eigenvalue weighted by molar-refractivity contribution is 8.04. The lowest BCUT2D eigenvalue weighted by molar-refractivity contribution is -0.144. The molecule has 0 atom stereocenters. The highest BCUT2D eigenvalue weighted by Crippen LogP contribution is 2.45. The minimum atomic E-state index is -0.635. The van der Waals surface area contributed by atoms with E-state index in [1.54, 1.807) is 47.4 Å². The van der Waals surface area contributed by atoms with Crippen molar-refractivity contribution in [3.05, 3.63) is 99.0 Å². The van der Waals surface area contributed by atoms with Crippen molar-refractivity contribution in [3.8, 4) is 11.8 Å². The number of carbonyl (C=O) groups excluding carboxylic acids is 7. The first-order valence-corrected chi connectivity index (χ1v) is 28.1. The van der Waals surface area contributed by atoms with Crippen LogP contribution in [-0.4, -0.2) is 131 Å². The van der Waals surface area contributed by atoms with Crippen molar-refractivity contribution in [2.45, 2.75) is 54.7 Å². The van der Waals surface area contributed by atoms with Gasteiger partial charge in [-0.3, -0.25) is 28.8 Å². The number of fused-ring (bicyclic) bond motifs is 2. The van der Waals surface area contributed by atoms with E-state index < -0.39 is 30.2 Å². The number of aliphatic hydroxyl groups excluding tert-OH is 1. The number of nitrogens with zero attached hydrogens (tertiary/aromatic N) is 2. The van der Waals surface area contributed by atoms with E-state index in [2.05, 4.69) is 53.4 Å². The Labute approximate surface area is 468 Å². The van der Waals surface area contributed by atoms with Crippen LogP contribution in [-0.2, 0) is 65.4 Å². The van der Waals surface area contributed by atoms with Crippen LogP contribution in [0.15, 0.2) is 81.7 Å². The van der Waals surface area contributed by atoms with Gasteiger partial charge in [0, 0.05) is 80.6 Å². The Bertz CT molecular complexity index is 2670. The van der Waals surface area contributed by atoms with Gasteiger partial charge in [0.2, 0.25) is 5.91 Å². The summed E-state index contributed by atoms with van der Waals surface area (Å²) < 4.78 is 17.6. The number of methoxy groups -OCH3 is 4. The van der Waals surface area contributed by atoms with Crippen LogP contribution in [0.1, 0.15) is 43.5 Å². The van der Waals surface area contributed by atoms with Crippen LogP contribution in [0.3, 0.4) is 0 Å². The highest BCUT2D eigenvalue weighted by atomic mass is 35.5. The molecular weight excluding hydrogens is 1150 g/mol. The van der Waals surface area contributed by atoms with Gasteiger partial charge < -0.3 is 45.2 Å². The number of ether oxygens (including phenoxy) is 4. The van der Waals surface area contributed by atoms with Gasteiger partial charge >= 0.3 is 23.9 Å². The molecule has 5 aliphatic heterocycles. The number of halogens is 3. The number of aromatic amines is 1. The molecule has 0 aromatic carbocycles. The molecule has 0 radical (unpaired) electrons. The lowest BCUT2D eigenvalue weighted by Gasteiger charge is -2.15. The maximum atomic E-state index is 11.7. The Morgan fingerprint density at radius 3 is 2.01 bits per heavy atom. The zero-order chi connectivity index (χ0) is 55.5. The van der Waals surface area contributed by atoms with Gasteiger partial charge in [0.1, 0.15) is 34.4 Å². The molecule has 1 amide bonds. The Morgan fingerprint density at radius 1 is 0.851 bits per heavy atom. The SMILES string of the molecule is C=CC#N.COC(=O)C1=C(Cl)C2=C(CCS2)CC1=O.COC(=O)C1=C(N)CCS1.COC(=O)CC(=O)NC1=C(C(=O)CO)SCC1.COC(=O)CS.Clc1cc(Cl)c2c(n1)CCS2.O=c1cc(O)c2c([nH]1)CCS2. The molecule has 19 nitrogen and oxygen atoms in total. The van der Waals surface area contributed by atoms with Gasteiger partial charge in [-0.1, -0.05) is 41.4 Å². The van der Waals surface area contributed by atoms with Gasteiger partial charge in [-0.15, -0.1) is 58.8 Å². The van der Waals surface area contributed by atoms with Crippen molar-refractivity contribution >= 4 is 148 Å². The van der Waals surface area contributed by atoms with E-state index in [4.69, 9.17) is 50.9 Å². The zero-order valence-corrected chi connectivity index (χ0v) is 47.5. The number of hydrogen-bond acceptors (Lipinski definition) is 23. The molecule has 1 aliphatic carbocycles. The summed E-state index contributed by atoms with van der Waals surface area (Å²) in [5.41, 5.74) is 9.42. The minimum Gasteiger partial charge on any atom is -0.507 e. The molecule has 0 saturated carbocycles. The number of H-pyrrole nitrogens is 1. The van der Waals surface area contributed by atoms with E-state index in [1.165, 1.54) is 64.1 Å². The number of allylic oxidation sites excluding steroid dienone is 5. The van der Waals surface area contributed by atoms with Gasteiger partial charge in [0.25, 0.3) is 5.56 Å². The van der Waals surface area contributed by atoms with Gasteiger partial charge in [-0.05, 0) is 37.3 Å². The summed E-state index contributed by atoms with van der Waals surface area (Å²) >= 11 is 29.0. The smallest absolute Gasteiger partial charge is 0.346 e. The molecule has 28 heteroatoms. The number of nitriles is 1. The molecule has 402 valence electrons. The van der Waals surface area contributed by atoms with E-state index in [0.29, 0.717) is 45.0 Å². The average Bonchev–Trinajstić information content (AvgIpc) is 4.26. The summed E-state index contributed by atoms with van der Waals surface area (Å²) in [5.74, 6) is 1.78. The van der Waals surface area contributed by atoms with E-state index in [0.717, 1.165) is 85.4 Å². The van der Waals surface area contributed by atoms with Crippen molar-refractivity contribution in [1.29, 1.82) is 5.26 Å². The minimum absolute atomic E-state index is 0.00677. The van der Waals surface area contributed by atoms with Gasteiger partial charge in [-0.2, -0.15) is 17.9 Å². The summed E-state index contributed by atoms with van der Waals surface area (Å²) in [7, 11) is 5.14. The fourth-order valence-corrected chi connectivity index (χ4v) is 12.6. The van der Waals surface area contributed by atoms with E-state index in [-0.39, 0.29) is 51.8 Å². The highest BCUT2D eigenvalue weighted by Gasteiger charge is 2.34. The van der Waals surface area contributed by atoms with Crippen LogP contribution in [0.25, 0.3) is 0 Å². The summed E-state index contributed by atoms with van der Waals surface area (Å²) in [6.45, 7) is 2.53. The van der Waals surface area contributed by atoms with Crippen LogP contribution >= 0.6 is 106 Å². The predicted molar refractivity (Wildman–Crippen MR) is 293 cm³/mol. The van der Waals surface area contributed by atoms with E-state index in [9.17, 15) is 43.5 Å². The largest absolute Gasteiger partial charge is 0.507 e. The van der Waals surface area contributed by atoms with Crippen LogP contribution in [0.5, 0.6) is 5.75 Å². The monoisotopic (exact) mass is 1200 g/mol. The molecule has 6 N–H and O–H groups in total. The summed E-state index contributed by atoms with van der Waals surface area (Å²) in [5, 5.41) is 29.5. The van der Waals surface area contributed by atoms with Gasteiger partial charge in [0.05, 0.1) is 65.8 Å². The van der Waals surface area contributed by atoms with Crippen LogP contribution in [0.2, 0.25) is 10.2 Å². The Morgan fingerprint density at radius 2 is 1.45 bits per heavy atom. The van der Waals surface area contributed by atoms with Crippen molar-refractivity contribution in [2.24, 2.45) is 5.73 Å². The Balaban J connectivity index is 0.000000306. The molecule has 0 unspecified atom stereocenters. The van der Waals surface area contributed by atoms with Crippen LogP contribution < -0.4 is 16.6 Å². The molecule has 2 aromatic heterocycles. The number of aromatic nitrogens is 2. The van der Waals surface area contributed by atoms with Gasteiger partial charge in [-0.25, -0.2) is 14.6 Å². The van der Waals surface area contributed by atoms with Crippen LogP contribution in [0, 0.1) is 11.3 Å². The third-order valence-corrected chi connectivity index (χ3v) is 16.6. The first-order chi connectivity index (χ1) is 35.2. The molecular formula is C46H52Cl3N5O14S6. The number of thiol groups is 1. The maximum absolute atomic E-state index is 11.7. The third kappa shape index (κ3) is 21.3. The second-order valence-corrected chi connectivity index (χ2v) is 21.4. The summed E-state index contributed by atoms with van der Waals surface area (Å²) in [6, 6.07) is 4.61. The van der Waals surface area contributed by atoms with Crippen molar-refractivity contribution in [3.63, 3.8) is 0 Å². The van der Waals surface area contributed by atoms with Crippen molar-refractivity contribution < 1.29 is 62.7 Å². The topological polar surface area (TPSA) is 304 Å². The lowest BCUT2D eigenvalue weighted by Crippen LogP contribution is -2.26. The molecule has 0 saturated heterocycles. The number of esters is 4. The molecule has 0 bridgehead atoms. The number of aromatic hydroxyl groups is 1. The Kier molecular flexibility index (Phi) is 31.0.